The van der Waals surface area contributed by atoms with Crippen molar-refractivity contribution in [1.82, 2.24) is 10.6 Å². The molecule has 5 nitrogen and oxygen atoms in total. The van der Waals surface area contributed by atoms with E-state index in [2.05, 4.69) is 10.6 Å². The maximum Gasteiger partial charge on any atom is 0.403 e. The van der Waals surface area contributed by atoms with Gasteiger partial charge in [-0.3, -0.25) is 4.79 Å². The fraction of sp³-hybridized carbons (Fsp3) is 0.533. The van der Waals surface area contributed by atoms with Crippen LogP contribution in [0.5, 0.6) is 0 Å². The summed E-state index contributed by atoms with van der Waals surface area (Å²) in [5, 5.41) is 6.05. The Morgan fingerprint density at radius 1 is 1.25 bits per heavy atom. The predicted molar refractivity (Wildman–Crippen MR) is 82.3 cm³/mol. The number of benzene rings is 1. The molecule has 0 aliphatic carbocycles. The minimum Gasteiger partial charge on any atom is -0.352 e. The molecule has 0 saturated carbocycles. The van der Waals surface area contributed by atoms with Crippen LogP contribution in [0.3, 0.4) is 0 Å². The lowest BCUT2D eigenvalue weighted by atomic mass is 10.1. The van der Waals surface area contributed by atoms with E-state index >= 15 is 0 Å². The van der Waals surface area contributed by atoms with Gasteiger partial charge in [-0.1, -0.05) is 12.1 Å². The van der Waals surface area contributed by atoms with Crippen LogP contribution in [0.1, 0.15) is 18.4 Å². The summed E-state index contributed by atoms with van der Waals surface area (Å²) in [5.41, 5.74) is 0.544. The Morgan fingerprint density at radius 2 is 1.92 bits per heavy atom. The average Bonchev–Trinajstić information content (AvgIpc) is 2.46. The fourth-order valence-electron chi connectivity index (χ4n) is 2.55. The van der Waals surface area contributed by atoms with Gasteiger partial charge in [-0.05, 0) is 37.1 Å². The Labute approximate surface area is 138 Å². The lowest BCUT2D eigenvalue weighted by molar-refractivity contribution is -0.121. The first-order valence-corrected chi connectivity index (χ1v) is 9.19. The molecule has 1 aromatic carbocycles. The smallest absolute Gasteiger partial charge is 0.352 e. The van der Waals surface area contributed by atoms with E-state index in [1.54, 1.807) is 0 Å². The number of carbonyl (C=O) groups excluding carboxylic acids is 1. The summed E-state index contributed by atoms with van der Waals surface area (Å²) in [6, 6.07) is 5.00. The van der Waals surface area contributed by atoms with E-state index in [0.29, 0.717) is 12.1 Å². The quantitative estimate of drug-likeness (QED) is 0.829. The van der Waals surface area contributed by atoms with Crippen LogP contribution < -0.4 is 10.6 Å². The van der Waals surface area contributed by atoms with Crippen molar-refractivity contribution in [2.45, 2.75) is 36.4 Å². The Kier molecular flexibility index (Phi) is 5.87. The number of nitrogens with one attached hydrogen (secondary N) is 2. The van der Waals surface area contributed by atoms with E-state index < -0.39 is 26.7 Å². The number of piperidine rings is 1. The van der Waals surface area contributed by atoms with Gasteiger partial charge in [-0.25, -0.2) is 8.42 Å². The number of carbonyl (C=O) groups is 1. The number of hydrogen-bond donors (Lipinski definition) is 2. The molecule has 2 rings (SSSR count). The van der Waals surface area contributed by atoms with Gasteiger partial charge >= 0.3 is 6.18 Å². The molecule has 1 atom stereocenters. The maximum atomic E-state index is 12.3. The van der Waals surface area contributed by atoms with E-state index in [4.69, 9.17) is 0 Å². The van der Waals surface area contributed by atoms with Crippen LogP contribution in [0.15, 0.2) is 29.2 Å². The van der Waals surface area contributed by atoms with E-state index in [1.165, 1.54) is 12.1 Å². The summed E-state index contributed by atoms with van der Waals surface area (Å²) in [5.74, 6) is -2.09. The molecule has 0 spiro atoms. The van der Waals surface area contributed by atoms with Crippen molar-refractivity contribution in [1.29, 1.82) is 0 Å². The van der Waals surface area contributed by atoms with Gasteiger partial charge in [0.2, 0.25) is 5.91 Å². The lowest BCUT2D eigenvalue weighted by Crippen LogP contribution is -2.46. The highest BCUT2D eigenvalue weighted by Crippen LogP contribution is 2.22. The van der Waals surface area contributed by atoms with Crippen LogP contribution >= 0.6 is 0 Å². The molecule has 24 heavy (non-hydrogen) atoms. The largest absolute Gasteiger partial charge is 0.403 e. The highest BCUT2D eigenvalue weighted by atomic mass is 32.2. The van der Waals surface area contributed by atoms with Gasteiger partial charge in [0.25, 0.3) is 0 Å². The minimum absolute atomic E-state index is 0.0517. The first-order chi connectivity index (χ1) is 11.2. The second-order valence-corrected chi connectivity index (χ2v) is 7.80. The van der Waals surface area contributed by atoms with Gasteiger partial charge in [0.1, 0.15) is 0 Å². The van der Waals surface area contributed by atoms with Gasteiger partial charge in [-0.2, -0.15) is 13.2 Å². The van der Waals surface area contributed by atoms with E-state index in [9.17, 15) is 26.4 Å². The lowest BCUT2D eigenvalue weighted by Gasteiger charge is -2.23. The molecule has 1 amide bonds. The predicted octanol–water partition coefficient (Wildman–Crippen LogP) is 1.43. The number of sulfone groups is 1. The summed E-state index contributed by atoms with van der Waals surface area (Å²) >= 11 is 0. The van der Waals surface area contributed by atoms with E-state index in [1.807, 2.05) is 0 Å². The van der Waals surface area contributed by atoms with Crippen LogP contribution in [0.25, 0.3) is 0 Å². The highest BCUT2D eigenvalue weighted by Gasteiger charge is 2.35. The van der Waals surface area contributed by atoms with Gasteiger partial charge in [-0.15, -0.1) is 0 Å². The first kappa shape index (κ1) is 18.7. The van der Waals surface area contributed by atoms with Gasteiger partial charge in [0.15, 0.2) is 15.6 Å². The van der Waals surface area contributed by atoms with Crippen molar-refractivity contribution in [2.75, 3.05) is 18.8 Å². The zero-order valence-electron chi connectivity index (χ0n) is 12.9. The molecule has 1 aliphatic heterocycles. The number of halogens is 3. The monoisotopic (exact) mass is 364 g/mol. The molecule has 1 fully saturated rings. The summed E-state index contributed by atoms with van der Waals surface area (Å²) < 4.78 is 60.1. The normalized spacial score (nSPS) is 19.0. The van der Waals surface area contributed by atoms with Gasteiger partial charge in [0, 0.05) is 12.6 Å². The second-order valence-electron chi connectivity index (χ2n) is 5.81. The van der Waals surface area contributed by atoms with Crippen molar-refractivity contribution in [2.24, 2.45) is 0 Å². The standard InChI is InChI=1S/C15H19F3N2O3S/c16-15(17,18)10-24(22,23)13-5-3-11(4-6-13)8-14(21)20-12-2-1-7-19-9-12/h3-6,12,19H,1-2,7-10H2,(H,20,21)/t12-/m0/s1. The number of amides is 1. The topological polar surface area (TPSA) is 75.3 Å². The molecule has 9 heteroatoms. The van der Waals surface area contributed by atoms with E-state index in [-0.39, 0.29) is 18.4 Å². The molecule has 0 bridgehead atoms. The molecule has 2 N–H and O–H groups in total. The third-order valence-corrected chi connectivity index (χ3v) is 5.36. The molecule has 134 valence electrons. The molecule has 1 aliphatic rings. The third kappa shape index (κ3) is 5.79. The molecule has 0 aromatic heterocycles. The number of alkyl halides is 3. The zero-order chi connectivity index (χ0) is 17.8. The summed E-state index contributed by atoms with van der Waals surface area (Å²) in [6.45, 7) is 1.64. The van der Waals surface area contributed by atoms with Crippen LogP contribution in [-0.2, 0) is 21.1 Å². The Bertz CT molecular complexity index is 666. The Hall–Kier alpha value is -1.61. The SMILES string of the molecule is O=C(Cc1ccc(S(=O)(=O)CC(F)(F)F)cc1)N[C@H]1CCCNC1. The van der Waals surface area contributed by atoms with Crippen LogP contribution in [0.2, 0.25) is 0 Å². The Morgan fingerprint density at radius 3 is 2.46 bits per heavy atom. The van der Waals surface area contributed by atoms with Crippen LogP contribution in [0.4, 0.5) is 13.2 Å². The van der Waals surface area contributed by atoms with Gasteiger partial charge in [0.05, 0.1) is 11.3 Å². The van der Waals surface area contributed by atoms with Crippen LogP contribution in [-0.4, -0.2) is 45.4 Å². The average molecular weight is 364 g/mol. The zero-order valence-corrected chi connectivity index (χ0v) is 13.7. The van der Waals surface area contributed by atoms with Crippen molar-refractivity contribution in [3.63, 3.8) is 0 Å². The molecule has 0 unspecified atom stereocenters. The second kappa shape index (κ2) is 7.52. The summed E-state index contributed by atoms with van der Waals surface area (Å²) in [7, 11) is -4.42. The number of hydrogen-bond acceptors (Lipinski definition) is 4. The number of rotatable bonds is 5. The molecular formula is C15H19F3N2O3S. The third-order valence-electron chi connectivity index (χ3n) is 3.66. The molecule has 1 saturated heterocycles. The molecule has 1 heterocycles. The molecule has 1 aromatic rings. The summed E-state index contributed by atoms with van der Waals surface area (Å²) in [4.78, 5) is 11.5. The van der Waals surface area contributed by atoms with Crippen molar-refractivity contribution in [3.05, 3.63) is 29.8 Å². The Balaban J connectivity index is 1.95. The van der Waals surface area contributed by atoms with Crippen molar-refractivity contribution >= 4 is 15.7 Å². The van der Waals surface area contributed by atoms with E-state index in [0.717, 1.165) is 31.5 Å². The minimum atomic E-state index is -4.79. The fourth-order valence-corrected chi connectivity index (χ4v) is 3.70. The van der Waals surface area contributed by atoms with Crippen LogP contribution in [0, 0.1) is 0 Å². The first-order valence-electron chi connectivity index (χ1n) is 7.54. The van der Waals surface area contributed by atoms with Crippen molar-refractivity contribution < 1.29 is 26.4 Å². The maximum absolute atomic E-state index is 12.3. The summed E-state index contributed by atoms with van der Waals surface area (Å²) in [6.07, 6.45) is -2.86. The molecule has 0 radical (unpaired) electrons. The highest BCUT2D eigenvalue weighted by molar-refractivity contribution is 7.91. The van der Waals surface area contributed by atoms with Gasteiger partial charge < -0.3 is 10.6 Å². The van der Waals surface area contributed by atoms with Crippen molar-refractivity contribution in [3.8, 4) is 0 Å². The molecular weight excluding hydrogens is 345 g/mol.